The molecule has 0 aromatic rings. The van der Waals surface area contributed by atoms with Gasteiger partial charge in [-0.25, -0.2) is 4.79 Å². The summed E-state index contributed by atoms with van der Waals surface area (Å²) < 4.78 is 9.92. The van der Waals surface area contributed by atoms with Crippen LogP contribution < -0.4 is 74.6 Å². The second kappa shape index (κ2) is 17.4. The number of esters is 1. The van der Waals surface area contributed by atoms with Crippen LogP contribution in [0.25, 0.3) is 0 Å². The van der Waals surface area contributed by atoms with Gasteiger partial charge in [-0.05, 0) is 24.9 Å². The van der Waals surface area contributed by atoms with Crippen LogP contribution in [-0.4, -0.2) is 31.1 Å². The normalized spacial score (nSPS) is 14.6. The van der Waals surface area contributed by atoms with E-state index in [-0.39, 0.29) is 71.0 Å². The number of amides is 1. The van der Waals surface area contributed by atoms with Crippen LogP contribution in [0.3, 0.4) is 0 Å². The van der Waals surface area contributed by atoms with Crippen LogP contribution in [-0.2, 0) is 14.3 Å². The number of hydrogen-bond acceptors (Lipinski definition) is 7. The number of nitrogens with one attached hydrogen (secondary N) is 1. The van der Waals surface area contributed by atoms with Crippen molar-refractivity contribution in [3.05, 3.63) is 0 Å². The minimum Gasteiger partial charge on any atom is -0.652 e. The molecule has 0 bridgehead atoms. The average Bonchev–Trinajstić information content (AvgIpc) is 2.45. The van der Waals surface area contributed by atoms with E-state index in [1.165, 1.54) is 19.3 Å². The Bertz CT molecular complexity index is 384. The summed E-state index contributed by atoms with van der Waals surface area (Å²) in [6.45, 7) is 5.65. The molecule has 1 rings (SSSR count). The third kappa shape index (κ3) is 18.6. The third-order valence-electron chi connectivity index (χ3n) is 3.29. The van der Waals surface area contributed by atoms with Crippen LogP contribution in [0.5, 0.6) is 0 Å². The first-order valence-electron chi connectivity index (χ1n) is 7.75. The number of carbonyl (C=O) groups is 3. The van der Waals surface area contributed by atoms with Crippen molar-refractivity contribution < 1.29 is 93.2 Å². The second-order valence-corrected chi connectivity index (χ2v) is 5.70. The van der Waals surface area contributed by atoms with Gasteiger partial charge in [-0.2, -0.15) is 0 Å². The zero-order valence-electron chi connectivity index (χ0n) is 15.8. The van der Waals surface area contributed by atoms with E-state index in [4.69, 9.17) is 24.5 Å². The number of carboxylic acid groups (broad SMARTS) is 2. The van der Waals surface area contributed by atoms with E-state index < -0.39 is 18.5 Å². The van der Waals surface area contributed by atoms with Gasteiger partial charge in [0, 0.05) is 13.5 Å². The molecule has 0 aromatic heterocycles. The summed E-state index contributed by atoms with van der Waals surface area (Å²) in [5.41, 5.74) is 0. The molecule has 1 atom stereocenters. The zero-order chi connectivity index (χ0) is 17.8. The number of carbonyl (C=O) groups excluding carboxylic acids is 3. The fraction of sp³-hybridized carbons (Fsp3) is 0.800. The average molecular weight is 377 g/mol. The van der Waals surface area contributed by atoms with E-state index in [1.807, 2.05) is 0 Å². The maximum atomic E-state index is 11.5. The van der Waals surface area contributed by atoms with Crippen molar-refractivity contribution in [1.29, 1.82) is 0 Å². The van der Waals surface area contributed by atoms with Gasteiger partial charge in [-0.15, -0.1) is 0 Å². The molecule has 10 heteroatoms. The molecule has 0 saturated heterocycles. The number of alkyl carbamates (subject to hydrolysis) is 1. The van der Waals surface area contributed by atoms with Crippen LogP contribution in [0.4, 0.5) is 9.59 Å². The number of rotatable bonds is 5. The molecule has 1 saturated carbocycles. The smallest absolute Gasteiger partial charge is 0.652 e. The van der Waals surface area contributed by atoms with E-state index in [2.05, 4.69) is 5.32 Å². The summed E-state index contributed by atoms with van der Waals surface area (Å²) in [7, 11) is 0. The molecule has 1 aliphatic rings. The molecule has 134 valence electrons. The Morgan fingerprint density at radius 3 is 1.92 bits per heavy atom. The summed E-state index contributed by atoms with van der Waals surface area (Å²) >= 11 is 0. The van der Waals surface area contributed by atoms with Gasteiger partial charge in [0.15, 0.2) is 0 Å². The van der Waals surface area contributed by atoms with E-state index in [9.17, 15) is 9.59 Å². The third-order valence-corrected chi connectivity index (χ3v) is 3.29. The summed E-state index contributed by atoms with van der Waals surface area (Å²) in [6, 6.07) is 0. The van der Waals surface area contributed by atoms with Crippen molar-refractivity contribution in [3.8, 4) is 0 Å². The minimum atomic E-state index is -2.33. The molecule has 0 radical (unpaired) electrons. The monoisotopic (exact) mass is 377 g/mol. The van der Waals surface area contributed by atoms with Crippen LogP contribution in [0.2, 0.25) is 0 Å². The molecule has 25 heavy (non-hydrogen) atoms. The second-order valence-electron chi connectivity index (χ2n) is 5.70. The van der Waals surface area contributed by atoms with Gasteiger partial charge in [0.1, 0.15) is 0 Å². The van der Waals surface area contributed by atoms with Gasteiger partial charge in [-0.1, -0.05) is 33.1 Å². The zero-order valence-corrected chi connectivity index (χ0v) is 19.8. The van der Waals surface area contributed by atoms with Crippen LogP contribution in [0.1, 0.15) is 52.9 Å². The van der Waals surface area contributed by atoms with Crippen LogP contribution in [0.15, 0.2) is 0 Å². The predicted octanol–water partition coefficient (Wildman–Crippen LogP) is -5.60. The molecule has 1 fully saturated rings. The van der Waals surface area contributed by atoms with E-state index in [0.29, 0.717) is 12.5 Å². The maximum Gasteiger partial charge on any atom is 1.00 e. The molecule has 1 N–H and O–H groups in total. The Hall–Kier alpha value is 0.0100. The summed E-state index contributed by atoms with van der Waals surface area (Å²) in [6.07, 6.45) is 2.41. The van der Waals surface area contributed by atoms with Gasteiger partial charge >= 0.3 is 71.2 Å². The van der Waals surface area contributed by atoms with Crippen molar-refractivity contribution in [2.45, 2.75) is 59.2 Å². The summed E-state index contributed by atoms with van der Waals surface area (Å²) in [5.74, 6) is -0.0428. The molecule has 8 nitrogen and oxygen atoms in total. The van der Waals surface area contributed by atoms with E-state index in [0.717, 1.165) is 12.8 Å². The van der Waals surface area contributed by atoms with E-state index >= 15 is 0 Å². The molecular weight excluding hydrogens is 352 g/mol. The Balaban J connectivity index is -0.000000728. The van der Waals surface area contributed by atoms with Crippen molar-refractivity contribution >= 4 is 18.2 Å². The Morgan fingerprint density at radius 2 is 1.48 bits per heavy atom. The molecule has 1 amide bonds. The van der Waals surface area contributed by atoms with Crippen molar-refractivity contribution in [1.82, 2.24) is 5.32 Å². The summed E-state index contributed by atoms with van der Waals surface area (Å²) in [5, 5.41) is 19.4. The molecule has 0 spiro atoms. The Labute approximate surface area is 193 Å². The molecular formula is C15H25NNa2O7. The summed E-state index contributed by atoms with van der Waals surface area (Å²) in [4.78, 5) is 31.2. The quantitative estimate of drug-likeness (QED) is 0.287. The minimum absolute atomic E-state index is 0. The van der Waals surface area contributed by atoms with E-state index in [1.54, 1.807) is 20.8 Å². The van der Waals surface area contributed by atoms with Gasteiger partial charge in [0.05, 0.1) is 5.92 Å². The van der Waals surface area contributed by atoms with Crippen molar-refractivity contribution in [3.63, 3.8) is 0 Å². The number of ether oxygens (including phenoxy) is 2. The Morgan fingerprint density at radius 1 is 1.00 bits per heavy atom. The van der Waals surface area contributed by atoms with Gasteiger partial charge in [0.25, 0.3) is 0 Å². The molecule has 0 aliphatic heterocycles. The first kappa shape index (κ1) is 29.8. The largest absolute Gasteiger partial charge is 1.00 e. The first-order valence-corrected chi connectivity index (χ1v) is 7.75. The van der Waals surface area contributed by atoms with Gasteiger partial charge in [-0.3, -0.25) is 4.79 Å². The van der Waals surface area contributed by atoms with Gasteiger partial charge in [0.2, 0.25) is 6.29 Å². The molecule has 0 heterocycles. The molecule has 1 unspecified atom stereocenters. The fourth-order valence-electron chi connectivity index (χ4n) is 2.14. The van der Waals surface area contributed by atoms with Crippen LogP contribution in [0, 0.1) is 11.8 Å². The van der Waals surface area contributed by atoms with Crippen molar-refractivity contribution in [2.75, 3.05) is 6.54 Å². The first-order chi connectivity index (χ1) is 10.7. The molecule has 1 aliphatic carbocycles. The standard InChI is InChI=1S/C14H25NO4.CH2O3.2Na/c1-10(2)13(16)18-11(3)19-14(17)15-9-12-7-5-4-6-8-12;2-1(3)4;;/h10-12H,4-9H2,1-3H3,(H,15,17);(H2,2,3,4);;/q;;2*+1/p-2. The Kier molecular flexibility index (Phi) is 20.7. The van der Waals surface area contributed by atoms with Crippen molar-refractivity contribution in [2.24, 2.45) is 11.8 Å². The van der Waals surface area contributed by atoms with Crippen LogP contribution >= 0.6 is 0 Å². The fourth-order valence-corrected chi connectivity index (χ4v) is 2.14. The number of hydrogen-bond donors (Lipinski definition) is 1. The predicted molar refractivity (Wildman–Crippen MR) is 76.8 cm³/mol. The van der Waals surface area contributed by atoms with Gasteiger partial charge < -0.3 is 29.8 Å². The SMILES string of the molecule is CC(OC(=O)NCC1CCCCC1)OC(=O)C(C)C.O=C([O-])[O-].[Na+].[Na+]. The maximum absolute atomic E-state index is 11.5. The molecule has 0 aromatic carbocycles. The topological polar surface area (TPSA) is 128 Å².